The van der Waals surface area contributed by atoms with Crippen LogP contribution >= 0.6 is 11.8 Å². The van der Waals surface area contributed by atoms with Crippen molar-refractivity contribution in [1.82, 2.24) is 5.32 Å². The highest BCUT2D eigenvalue weighted by Crippen LogP contribution is 2.44. The van der Waals surface area contributed by atoms with Gasteiger partial charge in [0.1, 0.15) is 22.8 Å². The molecule has 5 heteroatoms. The molecule has 2 aliphatic rings. The highest BCUT2D eigenvalue weighted by Gasteiger charge is 2.49. The van der Waals surface area contributed by atoms with E-state index in [2.05, 4.69) is 5.32 Å². The van der Waals surface area contributed by atoms with Crippen molar-refractivity contribution in [3.63, 3.8) is 0 Å². The van der Waals surface area contributed by atoms with Crippen LogP contribution in [0.1, 0.15) is 25.7 Å². The summed E-state index contributed by atoms with van der Waals surface area (Å²) < 4.78 is 6.14. The van der Waals surface area contributed by atoms with Gasteiger partial charge in [-0.2, -0.15) is 0 Å². The van der Waals surface area contributed by atoms with Crippen LogP contribution in [0, 0.1) is 0 Å². The lowest BCUT2D eigenvalue weighted by Crippen LogP contribution is -2.56. The number of hydrogen-bond donors (Lipinski definition) is 2. The Morgan fingerprint density at radius 1 is 1.35 bits per heavy atom. The van der Waals surface area contributed by atoms with Crippen molar-refractivity contribution in [3.8, 4) is 5.75 Å². The smallest absolute Gasteiger partial charge is 0.321 e. The molecule has 3 rings (SSSR count). The maximum atomic E-state index is 11.2. The molecule has 0 bridgehead atoms. The first-order chi connectivity index (χ1) is 9.70. The van der Waals surface area contributed by atoms with Crippen molar-refractivity contribution >= 4 is 17.7 Å². The van der Waals surface area contributed by atoms with Gasteiger partial charge in [-0.15, -0.1) is 11.8 Å². The Bertz CT molecular complexity index is 481. The summed E-state index contributed by atoms with van der Waals surface area (Å²) in [6, 6.07) is 9.33. The maximum absolute atomic E-state index is 11.2. The van der Waals surface area contributed by atoms with Gasteiger partial charge in [0.15, 0.2) is 0 Å². The van der Waals surface area contributed by atoms with Crippen LogP contribution < -0.4 is 10.1 Å². The van der Waals surface area contributed by atoms with Crippen LogP contribution in [0.5, 0.6) is 5.75 Å². The average Bonchev–Trinajstić information content (AvgIpc) is 2.88. The Morgan fingerprint density at radius 3 is 2.85 bits per heavy atom. The molecule has 3 unspecified atom stereocenters. The summed E-state index contributed by atoms with van der Waals surface area (Å²) in [7, 11) is 0. The number of carboxylic acid groups (broad SMARTS) is 1. The van der Waals surface area contributed by atoms with Gasteiger partial charge >= 0.3 is 5.97 Å². The van der Waals surface area contributed by atoms with Gasteiger partial charge in [0.25, 0.3) is 0 Å². The van der Waals surface area contributed by atoms with Gasteiger partial charge in [-0.3, -0.25) is 10.1 Å². The second-order valence-electron chi connectivity index (χ2n) is 5.40. The number of carbonyl (C=O) groups is 1. The van der Waals surface area contributed by atoms with E-state index in [4.69, 9.17) is 4.74 Å². The molecule has 0 aromatic heterocycles. The van der Waals surface area contributed by atoms with Crippen molar-refractivity contribution in [2.24, 2.45) is 0 Å². The quantitative estimate of drug-likeness (QED) is 0.896. The van der Waals surface area contributed by atoms with E-state index in [9.17, 15) is 9.90 Å². The predicted molar refractivity (Wildman–Crippen MR) is 79.1 cm³/mol. The lowest BCUT2D eigenvalue weighted by Gasteiger charge is -2.40. The standard InChI is InChI=1S/C15H19NO3S/c17-14(18)12-10-20-15(16-12)9-5-4-8-13(15)19-11-6-2-1-3-7-11/h1-3,6-7,12-13,16H,4-5,8-10H2,(H,17,18). The van der Waals surface area contributed by atoms with Crippen molar-refractivity contribution in [2.75, 3.05) is 5.75 Å². The third-order valence-corrected chi connectivity index (χ3v) is 5.63. The molecule has 2 fully saturated rings. The minimum absolute atomic E-state index is 0.0352. The van der Waals surface area contributed by atoms with E-state index < -0.39 is 12.0 Å². The molecule has 1 saturated carbocycles. The zero-order valence-electron chi connectivity index (χ0n) is 11.2. The molecule has 1 spiro atoms. The van der Waals surface area contributed by atoms with Crippen molar-refractivity contribution in [2.45, 2.75) is 42.7 Å². The second kappa shape index (κ2) is 5.66. The number of hydrogen-bond acceptors (Lipinski definition) is 4. The molecule has 3 atom stereocenters. The van der Waals surface area contributed by atoms with Crippen LogP contribution in [-0.2, 0) is 4.79 Å². The summed E-state index contributed by atoms with van der Waals surface area (Å²) in [5, 5.41) is 12.5. The summed E-state index contributed by atoms with van der Waals surface area (Å²) in [6.45, 7) is 0. The first-order valence-electron chi connectivity index (χ1n) is 7.06. The minimum Gasteiger partial charge on any atom is -0.488 e. The molecule has 0 amide bonds. The molecule has 1 aliphatic heterocycles. The molecule has 108 valence electrons. The van der Waals surface area contributed by atoms with Gasteiger partial charge in [-0.25, -0.2) is 0 Å². The van der Waals surface area contributed by atoms with Gasteiger partial charge in [-0.1, -0.05) is 24.6 Å². The van der Waals surface area contributed by atoms with E-state index in [1.165, 1.54) is 0 Å². The summed E-state index contributed by atoms with van der Waals surface area (Å²) >= 11 is 1.71. The van der Waals surface area contributed by atoms with Crippen LogP contribution in [0.25, 0.3) is 0 Å². The number of para-hydroxylation sites is 1. The van der Waals surface area contributed by atoms with Gasteiger partial charge in [0.2, 0.25) is 0 Å². The second-order valence-corrected chi connectivity index (χ2v) is 6.75. The van der Waals surface area contributed by atoms with E-state index in [0.29, 0.717) is 5.75 Å². The molecular weight excluding hydrogens is 274 g/mol. The van der Waals surface area contributed by atoms with Gasteiger partial charge in [0, 0.05) is 5.75 Å². The highest BCUT2D eigenvalue weighted by atomic mass is 32.2. The summed E-state index contributed by atoms with van der Waals surface area (Å²) in [5.41, 5.74) is 0. The zero-order chi connectivity index (χ0) is 14.0. The average molecular weight is 293 g/mol. The fourth-order valence-corrected chi connectivity index (χ4v) is 4.56. The van der Waals surface area contributed by atoms with E-state index in [0.717, 1.165) is 31.4 Å². The number of benzene rings is 1. The van der Waals surface area contributed by atoms with Gasteiger partial charge in [0.05, 0.1) is 0 Å². The number of aliphatic carboxylic acids is 1. The van der Waals surface area contributed by atoms with Crippen LogP contribution in [0.15, 0.2) is 30.3 Å². The van der Waals surface area contributed by atoms with E-state index in [1.807, 2.05) is 30.3 Å². The molecular formula is C15H19NO3S. The molecule has 2 N–H and O–H groups in total. The Hall–Kier alpha value is -1.20. The maximum Gasteiger partial charge on any atom is 0.321 e. The van der Waals surface area contributed by atoms with Crippen LogP contribution in [0.4, 0.5) is 0 Å². The number of nitrogens with one attached hydrogen (secondary N) is 1. The number of carboxylic acids is 1. The van der Waals surface area contributed by atoms with E-state index in [1.54, 1.807) is 11.8 Å². The minimum atomic E-state index is -0.765. The molecule has 20 heavy (non-hydrogen) atoms. The van der Waals surface area contributed by atoms with Crippen LogP contribution in [-0.4, -0.2) is 33.8 Å². The van der Waals surface area contributed by atoms with Gasteiger partial charge in [-0.05, 0) is 31.4 Å². The van der Waals surface area contributed by atoms with Crippen molar-refractivity contribution in [1.29, 1.82) is 0 Å². The Morgan fingerprint density at radius 2 is 2.15 bits per heavy atom. The molecule has 1 aromatic rings. The van der Waals surface area contributed by atoms with E-state index in [-0.39, 0.29) is 11.0 Å². The van der Waals surface area contributed by atoms with Crippen molar-refractivity contribution in [3.05, 3.63) is 30.3 Å². The molecule has 0 radical (unpaired) electrons. The zero-order valence-corrected chi connectivity index (χ0v) is 12.1. The monoisotopic (exact) mass is 293 g/mol. The first-order valence-corrected chi connectivity index (χ1v) is 8.04. The normalized spacial score (nSPS) is 33.2. The van der Waals surface area contributed by atoms with Crippen molar-refractivity contribution < 1.29 is 14.6 Å². The van der Waals surface area contributed by atoms with Crippen LogP contribution in [0.2, 0.25) is 0 Å². The largest absolute Gasteiger partial charge is 0.488 e. The number of ether oxygens (including phenoxy) is 1. The van der Waals surface area contributed by atoms with Crippen LogP contribution in [0.3, 0.4) is 0 Å². The third-order valence-electron chi connectivity index (χ3n) is 4.03. The summed E-state index contributed by atoms with van der Waals surface area (Å²) in [5.74, 6) is 0.711. The Kier molecular flexibility index (Phi) is 3.89. The summed E-state index contributed by atoms with van der Waals surface area (Å²) in [4.78, 5) is 10.9. The number of rotatable bonds is 3. The fourth-order valence-electron chi connectivity index (χ4n) is 3.00. The molecule has 4 nitrogen and oxygen atoms in total. The molecule has 1 aliphatic carbocycles. The lowest BCUT2D eigenvalue weighted by atomic mass is 9.91. The highest BCUT2D eigenvalue weighted by molar-refractivity contribution is 8.01. The topological polar surface area (TPSA) is 58.6 Å². The fraction of sp³-hybridized carbons (Fsp3) is 0.533. The molecule has 1 aromatic carbocycles. The first kappa shape index (κ1) is 13.8. The predicted octanol–water partition coefficient (Wildman–Crippen LogP) is 2.49. The molecule has 1 heterocycles. The Labute approximate surface area is 122 Å². The summed E-state index contributed by atoms with van der Waals surface area (Å²) in [6.07, 6.45) is 4.24. The van der Waals surface area contributed by atoms with Gasteiger partial charge < -0.3 is 9.84 Å². The van der Waals surface area contributed by atoms with E-state index >= 15 is 0 Å². The Balaban J connectivity index is 1.76. The number of thioether (sulfide) groups is 1. The third kappa shape index (κ3) is 2.65. The lowest BCUT2D eigenvalue weighted by molar-refractivity contribution is -0.139. The SMILES string of the molecule is O=C(O)C1CSC2(CCCCC2Oc2ccccc2)N1. The molecule has 1 saturated heterocycles.